The first-order valence-corrected chi connectivity index (χ1v) is 3.34. The maximum Gasteiger partial charge on any atom is 0.374 e. The van der Waals surface area contributed by atoms with Gasteiger partial charge in [-0.3, -0.25) is 4.57 Å². The van der Waals surface area contributed by atoms with E-state index in [2.05, 4.69) is 10.2 Å². The molecular weight excluding hydrogens is 160 g/mol. The van der Waals surface area contributed by atoms with Crippen LogP contribution >= 0.6 is 0 Å². The molecule has 0 atom stereocenters. The van der Waals surface area contributed by atoms with E-state index in [-0.39, 0.29) is 5.82 Å². The van der Waals surface area contributed by atoms with Gasteiger partial charge in [-0.05, 0) is 0 Å². The van der Waals surface area contributed by atoms with Crippen molar-refractivity contribution in [3.05, 3.63) is 5.82 Å². The molecule has 0 saturated carbocycles. The second-order valence-corrected chi connectivity index (χ2v) is 2.58. The predicted octanol–water partition coefficient (Wildman–Crippen LogP) is -0.421. The molecule has 6 heteroatoms. The molecular formula is C6H10N4O2. The van der Waals surface area contributed by atoms with Crippen LogP contribution in [0.25, 0.3) is 0 Å². The quantitative estimate of drug-likeness (QED) is 0.652. The molecule has 0 fully saturated rings. The lowest BCUT2D eigenvalue weighted by molar-refractivity contribution is 0.0679. The van der Waals surface area contributed by atoms with Crippen LogP contribution in [0.2, 0.25) is 0 Å². The number of carboxylic acids is 1. The maximum atomic E-state index is 10.5. The normalized spacial score (nSPS) is 9.92. The highest BCUT2D eigenvalue weighted by Gasteiger charge is 2.15. The molecule has 0 aliphatic carbocycles. The molecule has 0 aliphatic rings. The molecule has 0 amide bonds. The van der Waals surface area contributed by atoms with Gasteiger partial charge < -0.3 is 10.0 Å². The van der Waals surface area contributed by atoms with E-state index in [4.69, 9.17) is 5.11 Å². The molecule has 1 rings (SSSR count). The molecule has 6 nitrogen and oxygen atoms in total. The molecule has 0 aromatic carbocycles. The van der Waals surface area contributed by atoms with Gasteiger partial charge in [0, 0.05) is 21.1 Å². The lowest BCUT2D eigenvalue weighted by Crippen LogP contribution is -2.15. The zero-order chi connectivity index (χ0) is 9.30. The van der Waals surface area contributed by atoms with Crippen LogP contribution < -0.4 is 4.90 Å². The average Bonchev–Trinajstić information content (AvgIpc) is 2.30. The van der Waals surface area contributed by atoms with Gasteiger partial charge >= 0.3 is 5.97 Å². The van der Waals surface area contributed by atoms with E-state index in [1.807, 2.05) is 0 Å². The van der Waals surface area contributed by atoms with Crippen LogP contribution in [-0.2, 0) is 7.05 Å². The van der Waals surface area contributed by atoms with E-state index in [0.717, 1.165) is 0 Å². The minimum atomic E-state index is -1.07. The summed E-state index contributed by atoms with van der Waals surface area (Å²) in [6.07, 6.45) is 0. The molecule has 1 N–H and O–H groups in total. The summed E-state index contributed by atoms with van der Waals surface area (Å²) in [4.78, 5) is 12.2. The number of hydrogen-bond donors (Lipinski definition) is 1. The van der Waals surface area contributed by atoms with Crippen molar-refractivity contribution in [2.45, 2.75) is 0 Å². The molecule has 66 valence electrons. The Hall–Kier alpha value is -1.59. The van der Waals surface area contributed by atoms with Gasteiger partial charge in [-0.25, -0.2) is 4.79 Å². The Bertz CT molecular complexity index is 304. The first-order chi connectivity index (χ1) is 5.54. The first kappa shape index (κ1) is 8.51. The molecule has 0 aliphatic heterocycles. The fourth-order valence-corrected chi connectivity index (χ4v) is 0.897. The van der Waals surface area contributed by atoms with Gasteiger partial charge in [0.25, 0.3) is 0 Å². The van der Waals surface area contributed by atoms with Crippen LogP contribution in [0.1, 0.15) is 10.6 Å². The smallest absolute Gasteiger partial charge is 0.374 e. The van der Waals surface area contributed by atoms with Crippen LogP contribution in [-0.4, -0.2) is 39.9 Å². The lowest BCUT2D eigenvalue weighted by atomic mass is 10.6. The number of hydrogen-bond acceptors (Lipinski definition) is 4. The zero-order valence-corrected chi connectivity index (χ0v) is 7.14. The van der Waals surface area contributed by atoms with Gasteiger partial charge in [-0.15, -0.1) is 10.2 Å². The second kappa shape index (κ2) is 2.80. The van der Waals surface area contributed by atoms with Crippen molar-refractivity contribution in [3.8, 4) is 0 Å². The van der Waals surface area contributed by atoms with Crippen molar-refractivity contribution in [3.63, 3.8) is 0 Å². The van der Waals surface area contributed by atoms with Gasteiger partial charge in [-0.2, -0.15) is 0 Å². The van der Waals surface area contributed by atoms with Crippen LogP contribution in [0.5, 0.6) is 0 Å². The highest BCUT2D eigenvalue weighted by atomic mass is 16.4. The van der Waals surface area contributed by atoms with Crippen LogP contribution in [0, 0.1) is 0 Å². The monoisotopic (exact) mass is 170 g/mol. The van der Waals surface area contributed by atoms with Gasteiger partial charge in [0.05, 0.1) is 0 Å². The molecule has 1 aromatic heterocycles. The summed E-state index contributed by atoms with van der Waals surface area (Å²) in [5, 5.41) is 15.8. The second-order valence-electron chi connectivity index (χ2n) is 2.58. The Morgan fingerprint density at radius 2 is 2.08 bits per heavy atom. The molecule has 1 aromatic rings. The number of aromatic carboxylic acids is 1. The first-order valence-electron chi connectivity index (χ1n) is 3.34. The molecule has 0 saturated heterocycles. The Morgan fingerprint density at radius 1 is 1.50 bits per heavy atom. The van der Waals surface area contributed by atoms with Crippen molar-refractivity contribution < 1.29 is 9.90 Å². The SMILES string of the molecule is CN(C)c1nnc(C(=O)O)n1C. The Morgan fingerprint density at radius 3 is 2.33 bits per heavy atom. The van der Waals surface area contributed by atoms with Gasteiger partial charge in [-0.1, -0.05) is 0 Å². The minimum absolute atomic E-state index is 0.0568. The average molecular weight is 170 g/mol. The number of carbonyl (C=O) groups is 1. The van der Waals surface area contributed by atoms with Crippen molar-refractivity contribution >= 4 is 11.9 Å². The van der Waals surface area contributed by atoms with Crippen LogP contribution in [0.15, 0.2) is 0 Å². The number of aromatic nitrogens is 3. The number of nitrogens with zero attached hydrogens (tertiary/aromatic N) is 4. The van der Waals surface area contributed by atoms with Crippen LogP contribution in [0.3, 0.4) is 0 Å². The summed E-state index contributed by atoms with van der Waals surface area (Å²) in [5.74, 6) is -0.607. The molecule has 0 bridgehead atoms. The minimum Gasteiger partial charge on any atom is -0.475 e. The highest BCUT2D eigenvalue weighted by Crippen LogP contribution is 2.06. The van der Waals surface area contributed by atoms with Gasteiger partial charge in [0.2, 0.25) is 11.8 Å². The zero-order valence-electron chi connectivity index (χ0n) is 7.14. The van der Waals surface area contributed by atoms with E-state index in [9.17, 15) is 4.79 Å². The standard InChI is InChI=1S/C6H10N4O2/c1-9(2)6-8-7-4(5(11)12)10(6)3/h1-3H3,(H,11,12). The predicted molar refractivity (Wildman–Crippen MR) is 42.3 cm³/mol. The third-order valence-corrected chi connectivity index (χ3v) is 1.44. The Labute approximate surface area is 69.4 Å². The fraction of sp³-hybridized carbons (Fsp3) is 0.500. The van der Waals surface area contributed by atoms with Gasteiger partial charge in [0.1, 0.15) is 0 Å². The van der Waals surface area contributed by atoms with Crippen molar-refractivity contribution in [2.75, 3.05) is 19.0 Å². The lowest BCUT2D eigenvalue weighted by Gasteiger charge is -2.09. The Kier molecular flexibility index (Phi) is 1.99. The van der Waals surface area contributed by atoms with Crippen molar-refractivity contribution in [2.24, 2.45) is 7.05 Å². The molecule has 12 heavy (non-hydrogen) atoms. The molecule has 1 heterocycles. The number of anilines is 1. The third kappa shape index (κ3) is 1.23. The Balaban J connectivity index is 3.13. The summed E-state index contributed by atoms with van der Waals surface area (Å²) in [7, 11) is 5.16. The highest BCUT2D eigenvalue weighted by molar-refractivity contribution is 5.83. The maximum absolute atomic E-state index is 10.5. The molecule has 0 spiro atoms. The summed E-state index contributed by atoms with van der Waals surface area (Å²) in [6.45, 7) is 0. The summed E-state index contributed by atoms with van der Waals surface area (Å²) in [5.41, 5.74) is 0. The van der Waals surface area contributed by atoms with Crippen LogP contribution in [0.4, 0.5) is 5.95 Å². The molecule has 0 radical (unpaired) electrons. The van der Waals surface area contributed by atoms with Crippen molar-refractivity contribution in [1.82, 2.24) is 14.8 Å². The topological polar surface area (TPSA) is 71.2 Å². The van der Waals surface area contributed by atoms with E-state index < -0.39 is 5.97 Å². The summed E-state index contributed by atoms with van der Waals surface area (Å²) >= 11 is 0. The molecule has 0 unspecified atom stereocenters. The number of carboxylic acid groups (broad SMARTS) is 1. The third-order valence-electron chi connectivity index (χ3n) is 1.44. The van der Waals surface area contributed by atoms with E-state index in [0.29, 0.717) is 5.95 Å². The largest absolute Gasteiger partial charge is 0.475 e. The van der Waals surface area contributed by atoms with E-state index in [1.54, 1.807) is 26.0 Å². The summed E-state index contributed by atoms with van der Waals surface area (Å²) in [6, 6.07) is 0. The van der Waals surface area contributed by atoms with E-state index >= 15 is 0 Å². The van der Waals surface area contributed by atoms with E-state index in [1.165, 1.54) is 4.57 Å². The van der Waals surface area contributed by atoms with Gasteiger partial charge in [0.15, 0.2) is 0 Å². The van der Waals surface area contributed by atoms with Crippen molar-refractivity contribution in [1.29, 1.82) is 0 Å². The number of rotatable bonds is 2. The fourth-order valence-electron chi connectivity index (χ4n) is 0.897. The summed E-state index contributed by atoms with van der Waals surface area (Å²) < 4.78 is 1.42.